The first-order chi connectivity index (χ1) is 15.6. The van der Waals surface area contributed by atoms with E-state index in [0.29, 0.717) is 19.3 Å². The quantitative estimate of drug-likeness (QED) is 0.183. The van der Waals surface area contributed by atoms with Crippen molar-refractivity contribution in [3.05, 3.63) is 35.9 Å². The van der Waals surface area contributed by atoms with Crippen LogP contribution in [-0.4, -0.2) is 42.9 Å². The molecule has 0 aliphatic rings. The number of benzene rings is 1. The molecule has 0 fully saturated rings. The van der Waals surface area contributed by atoms with Crippen molar-refractivity contribution in [2.45, 2.75) is 71.1 Å². The Labute approximate surface area is 193 Å². The van der Waals surface area contributed by atoms with Gasteiger partial charge in [0.05, 0.1) is 7.11 Å². The normalized spacial score (nSPS) is 11.6. The number of rotatable bonds is 12. The number of ether oxygens (including phenoxy) is 3. The number of carbonyl (C=O) groups excluding carboxylic acids is 4. The molecule has 2 amide bonds. The molecule has 1 aromatic carbocycles. The molecule has 184 valence electrons. The Kier molecular flexibility index (Phi) is 12.3. The summed E-state index contributed by atoms with van der Waals surface area (Å²) in [6.45, 7) is 5.12. The van der Waals surface area contributed by atoms with Gasteiger partial charge in [-0.1, -0.05) is 48.8 Å². The first-order valence-electron chi connectivity index (χ1n) is 10.6. The van der Waals surface area contributed by atoms with Gasteiger partial charge in [-0.15, -0.1) is 0 Å². The van der Waals surface area contributed by atoms with E-state index in [4.69, 9.17) is 14.3 Å². The molecule has 0 bridgehead atoms. The van der Waals surface area contributed by atoms with Gasteiger partial charge in [-0.05, 0) is 39.2 Å². The van der Waals surface area contributed by atoms with Crippen LogP contribution in [-0.2, 0) is 35.2 Å². The molecule has 3 N–H and O–H groups in total. The molecule has 11 heteroatoms. The second kappa shape index (κ2) is 14.7. The fourth-order valence-corrected chi connectivity index (χ4v) is 2.54. The van der Waals surface area contributed by atoms with Crippen molar-refractivity contribution in [1.29, 1.82) is 0 Å². The van der Waals surface area contributed by atoms with Gasteiger partial charge in [0.1, 0.15) is 18.2 Å². The van der Waals surface area contributed by atoms with Crippen molar-refractivity contribution >= 4 is 24.1 Å². The number of amides is 2. The summed E-state index contributed by atoms with van der Waals surface area (Å²) in [5.41, 5.74) is 4.14. The van der Waals surface area contributed by atoms with E-state index in [1.807, 2.05) is 23.8 Å². The van der Waals surface area contributed by atoms with Crippen LogP contribution in [0.2, 0.25) is 0 Å². The third kappa shape index (κ3) is 13.6. The molecule has 33 heavy (non-hydrogen) atoms. The Bertz CT molecular complexity index is 765. The predicted molar refractivity (Wildman–Crippen MR) is 117 cm³/mol. The zero-order valence-corrected chi connectivity index (χ0v) is 19.5. The number of esters is 1. The van der Waals surface area contributed by atoms with E-state index in [-0.39, 0.29) is 25.4 Å². The lowest BCUT2D eigenvalue weighted by Gasteiger charge is -2.22. The van der Waals surface area contributed by atoms with Crippen LogP contribution in [0.4, 0.5) is 9.59 Å². The summed E-state index contributed by atoms with van der Waals surface area (Å²) < 4.78 is 14.7. The minimum absolute atomic E-state index is 0.0384. The molecule has 0 saturated heterocycles. The number of hydrogen-bond donors (Lipinski definition) is 3. The number of carbonyl (C=O) groups is 4. The molecular weight excluding hydrogens is 434 g/mol. The monoisotopic (exact) mass is 467 g/mol. The highest BCUT2D eigenvalue weighted by Gasteiger charge is 2.25. The first-order valence-corrected chi connectivity index (χ1v) is 10.6. The summed E-state index contributed by atoms with van der Waals surface area (Å²) in [5, 5.41) is 2.46. The van der Waals surface area contributed by atoms with E-state index >= 15 is 0 Å². The van der Waals surface area contributed by atoms with Gasteiger partial charge in [0.2, 0.25) is 0 Å². The molecule has 1 rings (SSSR count). The summed E-state index contributed by atoms with van der Waals surface area (Å²) in [4.78, 5) is 52.2. The molecular formula is C22H33N3O8. The average molecular weight is 468 g/mol. The molecule has 0 saturated carbocycles. The Hall–Kier alpha value is -3.34. The van der Waals surface area contributed by atoms with Gasteiger partial charge in [-0.2, -0.15) is 0 Å². The van der Waals surface area contributed by atoms with Crippen molar-refractivity contribution in [3.63, 3.8) is 0 Å². The topological polar surface area (TPSA) is 141 Å². The van der Waals surface area contributed by atoms with Crippen molar-refractivity contribution < 1.29 is 38.2 Å². The molecule has 0 unspecified atom stereocenters. The fourth-order valence-electron chi connectivity index (χ4n) is 2.54. The van der Waals surface area contributed by atoms with Crippen molar-refractivity contribution in [2.75, 3.05) is 7.11 Å². The van der Waals surface area contributed by atoms with Crippen LogP contribution in [0, 0.1) is 0 Å². The molecule has 1 aromatic rings. The van der Waals surface area contributed by atoms with E-state index in [9.17, 15) is 19.2 Å². The molecule has 0 aliphatic carbocycles. The number of hydrazine groups is 1. The van der Waals surface area contributed by atoms with Gasteiger partial charge in [0.25, 0.3) is 0 Å². The lowest BCUT2D eigenvalue weighted by Crippen LogP contribution is -2.48. The van der Waals surface area contributed by atoms with Crippen LogP contribution >= 0.6 is 0 Å². The van der Waals surface area contributed by atoms with Gasteiger partial charge in [0, 0.05) is 6.42 Å². The minimum atomic E-state index is -1.03. The van der Waals surface area contributed by atoms with Gasteiger partial charge in [-0.3, -0.25) is 4.79 Å². The Morgan fingerprint density at radius 2 is 1.67 bits per heavy atom. The average Bonchev–Trinajstić information content (AvgIpc) is 2.75. The number of alkyl carbamates (subject to hydrolysis) is 1. The molecule has 1 atom stereocenters. The largest absolute Gasteiger partial charge is 0.469 e. The summed E-state index contributed by atoms with van der Waals surface area (Å²) in [5.74, 6) is -1.15. The van der Waals surface area contributed by atoms with E-state index in [2.05, 4.69) is 15.5 Å². The van der Waals surface area contributed by atoms with Gasteiger partial charge in [0.15, 0.2) is 0 Å². The highest BCUT2D eigenvalue weighted by molar-refractivity contribution is 5.81. The number of hydrogen-bond acceptors (Lipinski definition) is 9. The van der Waals surface area contributed by atoms with Crippen LogP contribution in [0.3, 0.4) is 0 Å². The third-order valence-electron chi connectivity index (χ3n) is 4.09. The standard InChI is InChI=1S/C22H33N3O8/c1-22(2,3)32-20(28)23-17(13-9-6-10-14-18(26)30-4)19(27)33-25-24-21(29)31-15-16-11-7-5-8-12-16/h5,7-8,11-12,17,25H,6,9-10,13-15H2,1-4H3,(H,23,28)(H,24,29)/t17-/m0/s1. The Morgan fingerprint density at radius 1 is 0.970 bits per heavy atom. The molecule has 0 spiro atoms. The first kappa shape index (κ1) is 27.7. The van der Waals surface area contributed by atoms with Crippen LogP contribution in [0.1, 0.15) is 58.4 Å². The van der Waals surface area contributed by atoms with Crippen LogP contribution < -0.4 is 16.3 Å². The van der Waals surface area contributed by atoms with Gasteiger partial charge in [-0.25, -0.2) is 19.8 Å². The second-order valence-electron chi connectivity index (χ2n) is 8.08. The fraction of sp³-hybridized carbons (Fsp3) is 0.545. The molecule has 0 aromatic heterocycles. The number of methoxy groups -OCH3 is 1. The summed E-state index contributed by atoms with van der Waals surface area (Å²) in [6.07, 6.45) is 0.598. The van der Waals surface area contributed by atoms with Gasteiger partial charge < -0.3 is 24.4 Å². The van der Waals surface area contributed by atoms with E-state index in [1.165, 1.54) is 7.11 Å². The lowest BCUT2D eigenvalue weighted by molar-refractivity contribution is -0.156. The lowest BCUT2D eigenvalue weighted by atomic mass is 10.1. The van der Waals surface area contributed by atoms with Crippen molar-refractivity contribution in [2.24, 2.45) is 0 Å². The predicted octanol–water partition coefficient (Wildman–Crippen LogP) is 2.89. The maximum absolute atomic E-state index is 12.4. The summed E-state index contributed by atoms with van der Waals surface area (Å²) in [6, 6.07) is 8.00. The van der Waals surface area contributed by atoms with E-state index < -0.39 is 29.8 Å². The molecule has 0 radical (unpaired) electrons. The third-order valence-corrected chi connectivity index (χ3v) is 4.09. The Morgan fingerprint density at radius 3 is 2.30 bits per heavy atom. The highest BCUT2D eigenvalue weighted by atomic mass is 16.7. The molecule has 11 nitrogen and oxygen atoms in total. The maximum atomic E-state index is 12.4. The minimum Gasteiger partial charge on any atom is -0.469 e. The number of nitrogens with one attached hydrogen (secondary N) is 3. The van der Waals surface area contributed by atoms with Crippen LogP contribution in [0.25, 0.3) is 0 Å². The smallest absolute Gasteiger partial charge is 0.424 e. The number of unbranched alkanes of at least 4 members (excludes halogenated alkanes) is 2. The van der Waals surface area contributed by atoms with Crippen LogP contribution in [0.5, 0.6) is 0 Å². The van der Waals surface area contributed by atoms with E-state index in [1.54, 1.807) is 32.9 Å². The highest BCUT2D eigenvalue weighted by Crippen LogP contribution is 2.10. The summed E-state index contributed by atoms with van der Waals surface area (Å²) >= 11 is 0. The zero-order valence-electron chi connectivity index (χ0n) is 19.5. The van der Waals surface area contributed by atoms with Crippen LogP contribution in [0.15, 0.2) is 30.3 Å². The Balaban J connectivity index is 2.47. The second-order valence-corrected chi connectivity index (χ2v) is 8.08. The van der Waals surface area contributed by atoms with E-state index in [0.717, 1.165) is 5.56 Å². The van der Waals surface area contributed by atoms with Crippen molar-refractivity contribution in [3.8, 4) is 0 Å². The molecule has 0 aliphatic heterocycles. The summed E-state index contributed by atoms with van der Waals surface area (Å²) in [7, 11) is 1.32. The van der Waals surface area contributed by atoms with Gasteiger partial charge >= 0.3 is 24.1 Å². The zero-order chi connectivity index (χ0) is 24.7. The molecule has 0 heterocycles. The SMILES string of the molecule is COC(=O)CCCCC[C@H](NC(=O)OC(C)(C)C)C(=O)ONNC(=O)OCc1ccccc1. The van der Waals surface area contributed by atoms with Crippen molar-refractivity contribution in [1.82, 2.24) is 16.3 Å². The maximum Gasteiger partial charge on any atom is 0.424 e.